The van der Waals surface area contributed by atoms with Crippen LogP contribution in [0, 0.1) is 0 Å². The molecule has 0 saturated carbocycles. The number of carbonyl (C=O) groups excluding carboxylic acids is 1. The van der Waals surface area contributed by atoms with Gasteiger partial charge in [0.25, 0.3) is 0 Å². The summed E-state index contributed by atoms with van der Waals surface area (Å²) in [7, 11) is 0. The fraction of sp³-hybridized carbons (Fsp3) is 0.400. The lowest BCUT2D eigenvalue weighted by Gasteiger charge is -2.33. The third kappa shape index (κ3) is 4.77. The first-order valence-electron chi connectivity index (χ1n) is 8.64. The number of hydrogen-bond acceptors (Lipinski definition) is 5. The maximum Gasteiger partial charge on any atom is 0.410 e. The predicted molar refractivity (Wildman–Crippen MR) is 102 cm³/mol. The molecule has 2 aromatic rings. The third-order valence-electron chi connectivity index (χ3n) is 3.94. The maximum atomic E-state index is 12.3. The summed E-state index contributed by atoms with van der Waals surface area (Å²) in [5.74, 6) is 0.826. The number of aliphatic hydroxyl groups is 1. The van der Waals surface area contributed by atoms with Crippen molar-refractivity contribution in [2.45, 2.75) is 49.8 Å². The quantitative estimate of drug-likeness (QED) is 0.820. The second-order valence-electron chi connectivity index (χ2n) is 7.34. The monoisotopic (exact) mass is 372 g/mol. The van der Waals surface area contributed by atoms with Crippen LogP contribution in [-0.4, -0.2) is 33.2 Å². The number of ether oxygens (including phenoxy) is 1. The minimum Gasteiger partial charge on any atom is -0.444 e. The molecule has 0 spiro atoms. The number of β-amino-alcohol motifs (C(OH)–C–C–N with tert-alkyl or cyclic N) is 1. The number of pyridine rings is 1. The van der Waals surface area contributed by atoms with Gasteiger partial charge in [-0.3, -0.25) is 0 Å². The number of carbonyl (C=O) groups is 1. The summed E-state index contributed by atoms with van der Waals surface area (Å²) in [6, 6.07) is 14.1. The highest BCUT2D eigenvalue weighted by Crippen LogP contribution is 2.29. The zero-order valence-electron chi connectivity index (χ0n) is 15.3. The van der Waals surface area contributed by atoms with E-state index in [1.165, 1.54) is 10.5 Å². The Kier molecular flexibility index (Phi) is 5.53. The van der Waals surface area contributed by atoms with Gasteiger partial charge < -0.3 is 14.7 Å². The molecule has 1 unspecified atom stereocenters. The Bertz CT molecular complexity index is 774. The molecule has 1 aromatic carbocycles. The second-order valence-corrected chi connectivity index (χ2v) is 8.34. The van der Waals surface area contributed by atoms with Crippen molar-refractivity contribution >= 4 is 17.9 Å². The van der Waals surface area contributed by atoms with E-state index < -0.39 is 17.8 Å². The SMILES string of the molecule is CC(C)(C)OC(=O)N1Cc2ccc(SCc3ccccc3)nc2C(O)C1. The van der Waals surface area contributed by atoms with E-state index in [1.807, 2.05) is 51.1 Å². The molecule has 5 nitrogen and oxygen atoms in total. The molecule has 1 aliphatic rings. The van der Waals surface area contributed by atoms with Gasteiger partial charge in [-0.15, -0.1) is 11.8 Å². The first-order valence-corrected chi connectivity index (χ1v) is 9.63. The van der Waals surface area contributed by atoms with E-state index in [-0.39, 0.29) is 6.54 Å². The highest BCUT2D eigenvalue weighted by molar-refractivity contribution is 7.98. The molecule has 6 heteroatoms. The molecule has 26 heavy (non-hydrogen) atoms. The molecule has 1 aromatic heterocycles. The van der Waals surface area contributed by atoms with Crippen LogP contribution in [0.4, 0.5) is 4.79 Å². The van der Waals surface area contributed by atoms with Gasteiger partial charge in [0.1, 0.15) is 11.7 Å². The van der Waals surface area contributed by atoms with E-state index in [2.05, 4.69) is 17.1 Å². The zero-order chi connectivity index (χ0) is 18.7. The Morgan fingerprint density at radius 1 is 1.27 bits per heavy atom. The van der Waals surface area contributed by atoms with Gasteiger partial charge in [0.15, 0.2) is 0 Å². The van der Waals surface area contributed by atoms with Crippen LogP contribution in [0.2, 0.25) is 0 Å². The maximum absolute atomic E-state index is 12.3. The van der Waals surface area contributed by atoms with Crippen LogP contribution in [0.5, 0.6) is 0 Å². The minimum absolute atomic E-state index is 0.196. The van der Waals surface area contributed by atoms with Crippen LogP contribution >= 0.6 is 11.8 Å². The van der Waals surface area contributed by atoms with Gasteiger partial charge in [0.2, 0.25) is 0 Å². The van der Waals surface area contributed by atoms with Crippen molar-refractivity contribution < 1.29 is 14.6 Å². The molecule has 1 N–H and O–H groups in total. The van der Waals surface area contributed by atoms with Crippen molar-refractivity contribution in [1.29, 1.82) is 0 Å². The summed E-state index contributed by atoms with van der Waals surface area (Å²) in [4.78, 5) is 18.4. The van der Waals surface area contributed by atoms with Crippen molar-refractivity contribution in [3.05, 3.63) is 59.3 Å². The van der Waals surface area contributed by atoms with Gasteiger partial charge in [-0.1, -0.05) is 36.4 Å². The fourth-order valence-corrected chi connectivity index (χ4v) is 3.58. The van der Waals surface area contributed by atoms with E-state index in [1.54, 1.807) is 11.8 Å². The van der Waals surface area contributed by atoms with E-state index in [4.69, 9.17) is 4.74 Å². The van der Waals surface area contributed by atoms with Crippen LogP contribution in [0.15, 0.2) is 47.5 Å². The van der Waals surface area contributed by atoms with E-state index in [0.717, 1.165) is 16.3 Å². The van der Waals surface area contributed by atoms with E-state index in [9.17, 15) is 9.90 Å². The normalized spacial score (nSPS) is 16.9. The molecule has 0 fully saturated rings. The highest BCUT2D eigenvalue weighted by atomic mass is 32.2. The van der Waals surface area contributed by atoms with Crippen molar-refractivity contribution in [3.63, 3.8) is 0 Å². The van der Waals surface area contributed by atoms with Gasteiger partial charge in [-0.25, -0.2) is 9.78 Å². The number of amides is 1. The number of nitrogens with zero attached hydrogens (tertiary/aromatic N) is 2. The lowest BCUT2D eigenvalue weighted by Crippen LogP contribution is -2.41. The number of benzene rings is 1. The molecule has 0 aliphatic carbocycles. The number of hydrogen-bond donors (Lipinski definition) is 1. The topological polar surface area (TPSA) is 62.7 Å². The summed E-state index contributed by atoms with van der Waals surface area (Å²) < 4.78 is 5.40. The zero-order valence-corrected chi connectivity index (χ0v) is 16.1. The first-order chi connectivity index (χ1) is 12.3. The average Bonchev–Trinajstić information content (AvgIpc) is 2.59. The molecule has 3 rings (SSSR count). The van der Waals surface area contributed by atoms with Gasteiger partial charge in [-0.2, -0.15) is 0 Å². The van der Waals surface area contributed by atoms with E-state index in [0.29, 0.717) is 12.2 Å². The molecular weight excluding hydrogens is 348 g/mol. The van der Waals surface area contributed by atoms with Crippen molar-refractivity contribution in [1.82, 2.24) is 9.88 Å². The Morgan fingerprint density at radius 2 is 2.00 bits per heavy atom. The third-order valence-corrected chi connectivity index (χ3v) is 4.94. The molecular formula is C20H24N2O3S. The molecule has 1 atom stereocenters. The van der Waals surface area contributed by atoms with Gasteiger partial charge >= 0.3 is 6.09 Å². The summed E-state index contributed by atoms with van der Waals surface area (Å²) in [5.41, 5.74) is 2.19. The van der Waals surface area contributed by atoms with Gasteiger partial charge in [0, 0.05) is 5.75 Å². The smallest absolute Gasteiger partial charge is 0.410 e. The number of thioether (sulfide) groups is 1. The standard InChI is InChI=1S/C20H24N2O3S/c1-20(2,3)25-19(24)22-11-15-9-10-17(21-18(15)16(23)12-22)26-13-14-7-5-4-6-8-14/h4-10,16,23H,11-13H2,1-3H3. The molecule has 0 radical (unpaired) electrons. The number of aliphatic hydroxyl groups excluding tert-OH is 1. The summed E-state index contributed by atoms with van der Waals surface area (Å²) in [6.45, 7) is 6.09. The molecule has 0 bridgehead atoms. The average molecular weight is 372 g/mol. The Morgan fingerprint density at radius 3 is 2.69 bits per heavy atom. The molecule has 1 aliphatic heterocycles. The molecule has 0 saturated heterocycles. The Balaban J connectivity index is 1.69. The number of aromatic nitrogens is 1. The van der Waals surface area contributed by atoms with Crippen molar-refractivity contribution in [3.8, 4) is 0 Å². The van der Waals surface area contributed by atoms with Crippen LogP contribution in [0.25, 0.3) is 0 Å². The van der Waals surface area contributed by atoms with Crippen molar-refractivity contribution in [2.75, 3.05) is 6.54 Å². The lowest BCUT2D eigenvalue weighted by atomic mass is 10.0. The lowest BCUT2D eigenvalue weighted by molar-refractivity contribution is 0.00745. The predicted octanol–water partition coefficient (Wildman–Crippen LogP) is 4.16. The Labute approximate surface area is 158 Å². The summed E-state index contributed by atoms with van der Waals surface area (Å²) in [6.07, 6.45) is -1.21. The fourth-order valence-electron chi connectivity index (χ4n) is 2.75. The van der Waals surface area contributed by atoms with Crippen LogP contribution < -0.4 is 0 Å². The largest absolute Gasteiger partial charge is 0.444 e. The van der Waals surface area contributed by atoms with Crippen LogP contribution in [0.3, 0.4) is 0 Å². The number of fused-ring (bicyclic) bond motifs is 1. The summed E-state index contributed by atoms with van der Waals surface area (Å²) in [5, 5.41) is 11.3. The minimum atomic E-state index is -0.802. The first kappa shape index (κ1) is 18.7. The second kappa shape index (κ2) is 7.68. The highest BCUT2D eigenvalue weighted by Gasteiger charge is 2.31. The molecule has 1 amide bonds. The Hall–Kier alpha value is -2.05. The van der Waals surface area contributed by atoms with Crippen LogP contribution in [-0.2, 0) is 17.0 Å². The van der Waals surface area contributed by atoms with E-state index >= 15 is 0 Å². The van der Waals surface area contributed by atoms with Gasteiger partial charge in [0.05, 0.1) is 23.8 Å². The van der Waals surface area contributed by atoms with Gasteiger partial charge in [-0.05, 0) is 38.0 Å². The van der Waals surface area contributed by atoms with Crippen LogP contribution in [0.1, 0.15) is 43.7 Å². The van der Waals surface area contributed by atoms with Crippen molar-refractivity contribution in [2.24, 2.45) is 0 Å². The summed E-state index contributed by atoms with van der Waals surface area (Å²) >= 11 is 1.64. The number of rotatable bonds is 3. The molecule has 138 valence electrons. The molecule has 2 heterocycles.